The summed E-state index contributed by atoms with van der Waals surface area (Å²) in [7, 11) is 1.54. The van der Waals surface area contributed by atoms with Gasteiger partial charge in [-0.3, -0.25) is 14.5 Å². The molecule has 2 N–H and O–H groups in total. The van der Waals surface area contributed by atoms with Gasteiger partial charge in [0.25, 0.3) is 0 Å². The van der Waals surface area contributed by atoms with Crippen LogP contribution in [0.2, 0.25) is 0 Å². The van der Waals surface area contributed by atoms with Gasteiger partial charge in [-0.2, -0.15) is 0 Å². The first-order chi connectivity index (χ1) is 11.7. The molecule has 0 aliphatic carbocycles. The van der Waals surface area contributed by atoms with Gasteiger partial charge in [-0.15, -0.1) is 0 Å². The van der Waals surface area contributed by atoms with Gasteiger partial charge >= 0.3 is 11.8 Å². The van der Waals surface area contributed by atoms with Crippen LogP contribution in [0, 0.1) is 0 Å². The Morgan fingerprint density at radius 1 is 1.21 bits per heavy atom. The van der Waals surface area contributed by atoms with Crippen molar-refractivity contribution in [2.24, 2.45) is 0 Å². The lowest BCUT2D eigenvalue weighted by molar-refractivity contribution is -0.139. The van der Waals surface area contributed by atoms with Crippen molar-refractivity contribution in [3.8, 4) is 0 Å². The fourth-order valence-corrected chi connectivity index (χ4v) is 2.53. The van der Waals surface area contributed by atoms with Crippen molar-refractivity contribution in [2.75, 3.05) is 53.0 Å². The molecule has 1 saturated heterocycles. The van der Waals surface area contributed by atoms with Gasteiger partial charge in [0.1, 0.15) is 0 Å². The van der Waals surface area contributed by atoms with Crippen LogP contribution in [-0.2, 0) is 19.1 Å². The van der Waals surface area contributed by atoms with Crippen LogP contribution in [0.15, 0.2) is 30.3 Å². The van der Waals surface area contributed by atoms with Gasteiger partial charge in [0.05, 0.1) is 19.3 Å². The lowest BCUT2D eigenvalue weighted by Gasteiger charge is -2.33. The van der Waals surface area contributed by atoms with Crippen LogP contribution < -0.4 is 10.6 Å². The van der Waals surface area contributed by atoms with Crippen LogP contribution >= 0.6 is 0 Å². The molecule has 2 rings (SSSR count). The summed E-state index contributed by atoms with van der Waals surface area (Å²) in [5, 5.41) is 5.13. The highest BCUT2D eigenvalue weighted by Gasteiger charge is 2.21. The number of carbonyl (C=O) groups is 2. The molecular weight excluding hydrogens is 310 g/mol. The summed E-state index contributed by atoms with van der Waals surface area (Å²) in [6.07, 6.45) is 0.0491. The zero-order valence-electron chi connectivity index (χ0n) is 14.0. The number of hydrogen-bond acceptors (Lipinski definition) is 5. The Kier molecular flexibility index (Phi) is 7.67. The Hall–Kier alpha value is -1.96. The average Bonchev–Trinajstić information content (AvgIpc) is 2.63. The van der Waals surface area contributed by atoms with Gasteiger partial charge in [-0.1, -0.05) is 30.3 Å². The largest absolute Gasteiger partial charge is 0.383 e. The van der Waals surface area contributed by atoms with E-state index in [9.17, 15) is 9.59 Å². The van der Waals surface area contributed by atoms with E-state index in [1.54, 1.807) is 0 Å². The van der Waals surface area contributed by atoms with E-state index >= 15 is 0 Å². The number of nitrogens with one attached hydrogen (secondary N) is 2. The molecule has 7 heteroatoms. The molecule has 1 atom stereocenters. The van der Waals surface area contributed by atoms with E-state index in [-0.39, 0.29) is 6.10 Å². The minimum Gasteiger partial charge on any atom is -0.383 e. The molecule has 0 saturated carbocycles. The van der Waals surface area contributed by atoms with E-state index in [1.165, 1.54) is 7.11 Å². The monoisotopic (exact) mass is 335 g/mol. The van der Waals surface area contributed by atoms with Crippen LogP contribution in [-0.4, -0.2) is 69.8 Å². The first-order valence-corrected chi connectivity index (χ1v) is 8.14. The summed E-state index contributed by atoms with van der Waals surface area (Å²) < 4.78 is 10.6. The zero-order chi connectivity index (χ0) is 17.2. The molecule has 0 aromatic heterocycles. The Bertz CT molecular complexity index is 524. The molecule has 1 heterocycles. The summed E-state index contributed by atoms with van der Waals surface area (Å²) in [6, 6.07) is 10.1. The Morgan fingerprint density at radius 2 is 1.92 bits per heavy atom. The quantitative estimate of drug-likeness (QED) is 0.539. The lowest BCUT2D eigenvalue weighted by atomic mass is 10.1. The summed E-state index contributed by atoms with van der Waals surface area (Å²) in [6.45, 7) is 4.07. The number of rotatable bonds is 7. The molecule has 24 heavy (non-hydrogen) atoms. The number of carbonyl (C=O) groups excluding carboxylic acids is 2. The average molecular weight is 335 g/mol. The van der Waals surface area contributed by atoms with Crippen molar-refractivity contribution < 1.29 is 19.1 Å². The predicted molar refractivity (Wildman–Crippen MR) is 89.5 cm³/mol. The van der Waals surface area contributed by atoms with Gasteiger partial charge in [0, 0.05) is 39.8 Å². The molecule has 1 aliphatic heterocycles. The van der Waals surface area contributed by atoms with Gasteiger partial charge in [0.2, 0.25) is 0 Å². The highest BCUT2D eigenvalue weighted by Crippen LogP contribution is 2.21. The van der Waals surface area contributed by atoms with E-state index in [0.29, 0.717) is 32.8 Å². The summed E-state index contributed by atoms with van der Waals surface area (Å²) in [5.41, 5.74) is 1.16. The van der Waals surface area contributed by atoms with Crippen molar-refractivity contribution in [3.63, 3.8) is 0 Å². The Labute approximate surface area is 142 Å². The molecule has 1 unspecified atom stereocenters. The van der Waals surface area contributed by atoms with E-state index in [2.05, 4.69) is 27.7 Å². The number of amides is 2. The molecular formula is C17H25N3O4. The van der Waals surface area contributed by atoms with Crippen LogP contribution in [0.4, 0.5) is 0 Å². The van der Waals surface area contributed by atoms with E-state index in [0.717, 1.165) is 18.7 Å². The molecule has 1 aromatic rings. The molecule has 2 amide bonds. The third-order valence-electron chi connectivity index (χ3n) is 3.83. The number of morpholine rings is 1. The van der Waals surface area contributed by atoms with E-state index in [4.69, 9.17) is 9.47 Å². The molecule has 7 nitrogen and oxygen atoms in total. The Morgan fingerprint density at radius 3 is 2.62 bits per heavy atom. The van der Waals surface area contributed by atoms with Crippen molar-refractivity contribution in [2.45, 2.75) is 6.10 Å². The van der Waals surface area contributed by atoms with Crippen molar-refractivity contribution in [1.29, 1.82) is 0 Å². The fraction of sp³-hybridized carbons (Fsp3) is 0.529. The third-order valence-corrected chi connectivity index (χ3v) is 3.83. The Balaban J connectivity index is 1.68. The second kappa shape index (κ2) is 10.0. The van der Waals surface area contributed by atoms with Crippen LogP contribution in [0.3, 0.4) is 0 Å². The second-order valence-electron chi connectivity index (χ2n) is 5.58. The van der Waals surface area contributed by atoms with E-state index < -0.39 is 11.8 Å². The summed E-state index contributed by atoms with van der Waals surface area (Å²) in [5.74, 6) is -1.24. The standard InChI is InChI=1S/C17H25N3O4/c1-23-11-8-19-17(22)16(21)18-7-9-20-10-12-24-15(13-20)14-5-3-2-4-6-14/h2-6,15H,7-13H2,1H3,(H,18,21)(H,19,22). The third kappa shape index (κ3) is 5.92. The topological polar surface area (TPSA) is 79.9 Å². The normalized spacial score (nSPS) is 18.1. The maximum Gasteiger partial charge on any atom is 0.309 e. The molecule has 1 aromatic carbocycles. The SMILES string of the molecule is COCCNC(=O)C(=O)NCCN1CCOC(c2ccccc2)C1. The van der Waals surface area contributed by atoms with Crippen LogP contribution in [0.1, 0.15) is 11.7 Å². The molecule has 1 fully saturated rings. The van der Waals surface area contributed by atoms with E-state index in [1.807, 2.05) is 18.2 Å². The molecule has 0 spiro atoms. The number of nitrogens with zero attached hydrogens (tertiary/aromatic N) is 1. The smallest absolute Gasteiger partial charge is 0.309 e. The number of benzene rings is 1. The lowest BCUT2D eigenvalue weighted by Crippen LogP contribution is -2.46. The maximum absolute atomic E-state index is 11.7. The highest BCUT2D eigenvalue weighted by atomic mass is 16.5. The van der Waals surface area contributed by atoms with Gasteiger partial charge in [0.15, 0.2) is 0 Å². The first-order valence-electron chi connectivity index (χ1n) is 8.14. The van der Waals surface area contributed by atoms with Crippen LogP contribution in [0.25, 0.3) is 0 Å². The predicted octanol–water partition coefficient (Wildman–Crippen LogP) is -0.0613. The van der Waals surface area contributed by atoms with Gasteiger partial charge in [-0.25, -0.2) is 0 Å². The maximum atomic E-state index is 11.7. The number of hydrogen-bond donors (Lipinski definition) is 2. The fourth-order valence-electron chi connectivity index (χ4n) is 2.53. The first kappa shape index (κ1) is 18.4. The number of methoxy groups -OCH3 is 1. The summed E-state index contributed by atoms with van der Waals surface area (Å²) in [4.78, 5) is 25.4. The van der Waals surface area contributed by atoms with Gasteiger partial charge < -0.3 is 20.1 Å². The minimum atomic E-state index is -0.629. The van der Waals surface area contributed by atoms with Crippen LogP contribution in [0.5, 0.6) is 0 Å². The zero-order valence-corrected chi connectivity index (χ0v) is 14.0. The van der Waals surface area contributed by atoms with Gasteiger partial charge in [-0.05, 0) is 5.56 Å². The van der Waals surface area contributed by atoms with Crippen molar-refractivity contribution in [3.05, 3.63) is 35.9 Å². The molecule has 0 bridgehead atoms. The number of ether oxygens (including phenoxy) is 2. The van der Waals surface area contributed by atoms with Crippen molar-refractivity contribution >= 4 is 11.8 Å². The second-order valence-corrected chi connectivity index (χ2v) is 5.58. The summed E-state index contributed by atoms with van der Waals surface area (Å²) >= 11 is 0. The molecule has 1 aliphatic rings. The minimum absolute atomic E-state index is 0.0491. The highest BCUT2D eigenvalue weighted by molar-refractivity contribution is 6.35. The molecule has 132 valence electrons. The van der Waals surface area contributed by atoms with Crippen molar-refractivity contribution in [1.82, 2.24) is 15.5 Å². The molecule has 0 radical (unpaired) electrons.